The average molecular weight is 359 g/mol. The highest BCUT2D eigenvalue weighted by atomic mass is 32.2. The van der Waals surface area contributed by atoms with Crippen LogP contribution < -0.4 is 9.21 Å². The number of aromatic nitrogens is 2. The van der Waals surface area contributed by atoms with Gasteiger partial charge in [0.05, 0.1) is 12.0 Å². The SMILES string of the molecule is CCN(c1ccoc1)S(=O)(=O)c1nnc(N(C)C(=O)N(C)C)s1. The van der Waals surface area contributed by atoms with Crippen molar-refractivity contribution >= 4 is 38.2 Å². The first-order valence-corrected chi connectivity index (χ1v) is 8.88. The van der Waals surface area contributed by atoms with Gasteiger partial charge in [0.1, 0.15) is 6.26 Å². The smallest absolute Gasteiger partial charge is 0.325 e. The van der Waals surface area contributed by atoms with Crippen LogP contribution in [-0.4, -0.2) is 57.2 Å². The number of anilines is 2. The van der Waals surface area contributed by atoms with Crippen LogP contribution in [0.3, 0.4) is 0 Å². The van der Waals surface area contributed by atoms with Crippen LogP contribution in [0.2, 0.25) is 0 Å². The molecule has 126 valence electrons. The molecule has 0 aromatic carbocycles. The van der Waals surface area contributed by atoms with Crippen molar-refractivity contribution in [1.29, 1.82) is 0 Å². The van der Waals surface area contributed by atoms with E-state index in [4.69, 9.17) is 4.42 Å². The Morgan fingerprint density at radius 1 is 1.30 bits per heavy atom. The molecule has 0 bridgehead atoms. The minimum Gasteiger partial charge on any atom is -0.470 e. The van der Waals surface area contributed by atoms with Crippen LogP contribution in [0, 0.1) is 0 Å². The van der Waals surface area contributed by atoms with E-state index in [0.717, 1.165) is 15.6 Å². The number of hydrogen-bond acceptors (Lipinski definition) is 7. The van der Waals surface area contributed by atoms with E-state index in [9.17, 15) is 13.2 Å². The van der Waals surface area contributed by atoms with Crippen molar-refractivity contribution in [3.8, 4) is 0 Å². The molecular formula is C12H17N5O4S2. The molecule has 0 radical (unpaired) electrons. The lowest BCUT2D eigenvalue weighted by Gasteiger charge is -2.19. The van der Waals surface area contributed by atoms with Gasteiger partial charge in [0.2, 0.25) is 5.13 Å². The summed E-state index contributed by atoms with van der Waals surface area (Å²) in [5.41, 5.74) is 0.405. The van der Waals surface area contributed by atoms with Gasteiger partial charge >= 0.3 is 6.03 Å². The fraction of sp³-hybridized carbons (Fsp3) is 0.417. The molecule has 2 aromatic rings. The summed E-state index contributed by atoms with van der Waals surface area (Å²) in [5.74, 6) is 0. The van der Waals surface area contributed by atoms with Gasteiger partial charge in [-0.05, 0) is 6.92 Å². The van der Waals surface area contributed by atoms with Gasteiger partial charge in [-0.3, -0.25) is 9.21 Å². The van der Waals surface area contributed by atoms with Crippen LogP contribution in [-0.2, 0) is 10.0 Å². The highest BCUT2D eigenvalue weighted by molar-refractivity contribution is 7.94. The number of carbonyl (C=O) groups excluding carboxylic acids is 1. The molecule has 2 amide bonds. The Labute approximate surface area is 138 Å². The molecule has 0 atom stereocenters. The zero-order chi connectivity index (χ0) is 17.2. The lowest BCUT2D eigenvalue weighted by atomic mass is 10.5. The quantitative estimate of drug-likeness (QED) is 0.750. The summed E-state index contributed by atoms with van der Waals surface area (Å²) in [5, 5.41) is 7.73. The van der Waals surface area contributed by atoms with Crippen LogP contribution in [0.25, 0.3) is 0 Å². The van der Waals surface area contributed by atoms with Gasteiger partial charge in [0.15, 0.2) is 0 Å². The molecule has 9 nitrogen and oxygen atoms in total. The van der Waals surface area contributed by atoms with Gasteiger partial charge in [-0.15, -0.1) is 10.2 Å². The zero-order valence-electron chi connectivity index (χ0n) is 13.1. The van der Waals surface area contributed by atoms with E-state index in [1.165, 1.54) is 29.4 Å². The van der Waals surface area contributed by atoms with Gasteiger partial charge in [-0.2, -0.15) is 8.42 Å². The van der Waals surface area contributed by atoms with Crippen LogP contribution in [0.5, 0.6) is 0 Å². The summed E-state index contributed by atoms with van der Waals surface area (Å²) in [7, 11) is 0.826. The molecule has 0 aliphatic rings. The second-order valence-corrected chi connectivity index (χ2v) is 7.73. The number of rotatable bonds is 5. The van der Waals surface area contributed by atoms with E-state index < -0.39 is 10.0 Å². The molecule has 0 aliphatic carbocycles. The van der Waals surface area contributed by atoms with Crippen molar-refractivity contribution in [2.45, 2.75) is 11.3 Å². The Balaban J connectivity index is 2.33. The monoisotopic (exact) mass is 359 g/mol. The molecule has 0 saturated carbocycles. The summed E-state index contributed by atoms with van der Waals surface area (Å²) in [6.45, 7) is 1.91. The molecule has 2 heterocycles. The molecule has 2 aromatic heterocycles. The minimum absolute atomic E-state index is 0.186. The van der Waals surface area contributed by atoms with Crippen molar-refractivity contribution < 1.29 is 17.6 Å². The highest BCUT2D eigenvalue weighted by Crippen LogP contribution is 2.29. The standard InChI is InChI=1S/C12H17N5O4S2/c1-5-17(9-6-7-21-8-9)23(19,20)11-14-13-10(22-11)16(4)12(18)15(2)3/h6-8H,5H2,1-4H3. The van der Waals surface area contributed by atoms with E-state index in [0.29, 0.717) is 5.69 Å². The third-order valence-corrected chi connectivity index (χ3v) is 6.19. The number of sulfonamides is 1. The predicted octanol–water partition coefficient (Wildman–Crippen LogP) is 1.46. The molecule has 0 fully saturated rings. The van der Waals surface area contributed by atoms with Gasteiger partial charge in [0.25, 0.3) is 14.4 Å². The number of carbonyl (C=O) groups is 1. The van der Waals surface area contributed by atoms with E-state index in [-0.39, 0.29) is 22.0 Å². The molecule has 0 aliphatic heterocycles. The summed E-state index contributed by atoms with van der Waals surface area (Å²) in [4.78, 5) is 14.5. The third-order valence-electron chi connectivity index (χ3n) is 2.94. The average Bonchev–Trinajstić information content (AvgIpc) is 3.17. The summed E-state index contributed by atoms with van der Waals surface area (Å²) in [6.07, 6.45) is 2.73. The number of hydrogen-bond donors (Lipinski definition) is 0. The second-order valence-electron chi connectivity index (χ2n) is 4.74. The Kier molecular flexibility index (Phi) is 4.90. The van der Waals surface area contributed by atoms with E-state index >= 15 is 0 Å². The Morgan fingerprint density at radius 3 is 2.52 bits per heavy atom. The molecule has 2 rings (SSSR count). The molecule has 0 N–H and O–H groups in total. The lowest BCUT2D eigenvalue weighted by molar-refractivity contribution is 0.225. The molecule has 23 heavy (non-hydrogen) atoms. The first-order valence-electron chi connectivity index (χ1n) is 6.62. The van der Waals surface area contributed by atoms with Crippen molar-refractivity contribution in [3.63, 3.8) is 0 Å². The Bertz CT molecular complexity index is 769. The van der Waals surface area contributed by atoms with E-state index in [1.807, 2.05) is 0 Å². The third kappa shape index (κ3) is 3.29. The molecular weight excluding hydrogens is 342 g/mol. The summed E-state index contributed by atoms with van der Waals surface area (Å²) in [6, 6.07) is 1.22. The normalized spacial score (nSPS) is 11.3. The Hall–Kier alpha value is -2.14. The Morgan fingerprint density at radius 2 is 2.00 bits per heavy atom. The maximum absolute atomic E-state index is 12.7. The highest BCUT2D eigenvalue weighted by Gasteiger charge is 2.30. The van der Waals surface area contributed by atoms with Crippen molar-refractivity contribution in [1.82, 2.24) is 15.1 Å². The first-order chi connectivity index (χ1) is 10.8. The van der Waals surface area contributed by atoms with Crippen LogP contribution in [0.4, 0.5) is 15.6 Å². The number of amides is 2. The topological polar surface area (TPSA) is 99.9 Å². The minimum atomic E-state index is -3.87. The van der Waals surface area contributed by atoms with E-state index in [2.05, 4.69) is 10.2 Å². The maximum atomic E-state index is 12.7. The lowest BCUT2D eigenvalue weighted by Crippen LogP contribution is -2.36. The number of urea groups is 1. The second kappa shape index (κ2) is 6.54. The van der Waals surface area contributed by atoms with Crippen molar-refractivity contribution in [2.75, 3.05) is 36.9 Å². The predicted molar refractivity (Wildman–Crippen MR) is 86.3 cm³/mol. The summed E-state index contributed by atoms with van der Waals surface area (Å²) < 4.78 is 31.3. The van der Waals surface area contributed by atoms with E-state index in [1.54, 1.807) is 27.1 Å². The largest absolute Gasteiger partial charge is 0.470 e. The molecule has 0 saturated heterocycles. The fourth-order valence-electron chi connectivity index (χ4n) is 1.81. The van der Waals surface area contributed by atoms with Gasteiger partial charge in [-0.1, -0.05) is 11.3 Å². The fourth-order valence-corrected chi connectivity index (χ4v) is 4.31. The van der Waals surface area contributed by atoms with Gasteiger partial charge in [-0.25, -0.2) is 4.79 Å². The maximum Gasteiger partial charge on any atom is 0.325 e. The summed E-state index contributed by atoms with van der Waals surface area (Å²) >= 11 is 0.831. The van der Waals surface area contributed by atoms with Crippen molar-refractivity contribution in [3.05, 3.63) is 18.6 Å². The molecule has 0 spiro atoms. The van der Waals surface area contributed by atoms with Crippen LogP contribution in [0.15, 0.2) is 27.3 Å². The van der Waals surface area contributed by atoms with Crippen molar-refractivity contribution in [2.24, 2.45) is 0 Å². The molecule has 0 unspecified atom stereocenters. The number of nitrogens with zero attached hydrogens (tertiary/aromatic N) is 5. The van der Waals surface area contributed by atoms with Gasteiger partial charge in [0, 0.05) is 33.8 Å². The number of furan rings is 1. The zero-order valence-corrected chi connectivity index (χ0v) is 14.8. The first kappa shape index (κ1) is 17.2. The van der Waals surface area contributed by atoms with Gasteiger partial charge < -0.3 is 9.32 Å². The van der Waals surface area contributed by atoms with Crippen LogP contribution in [0.1, 0.15) is 6.92 Å². The molecule has 11 heteroatoms. The van der Waals surface area contributed by atoms with Crippen LogP contribution >= 0.6 is 11.3 Å².